The highest BCUT2D eigenvalue weighted by molar-refractivity contribution is 6.30. The molecule has 7 nitrogen and oxygen atoms in total. The molecule has 200 valence electrons. The summed E-state index contributed by atoms with van der Waals surface area (Å²) in [5.41, 5.74) is 5.34. The predicted molar refractivity (Wildman–Crippen MR) is 156 cm³/mol. The Morgan fingerprint density at radius 2 is 1.56 bits per heavy atom. The van der Waals surface area contributed by atoms with E-state index in [0.717, 1.165) is 27.6 Å². The molecule has 0 aliphatic carbocycles. The first-order valence-corrected chi connectivity index (χ1v) is 13.4. The largest absolute Gasteiger partial charge is 0.322 e. The van der Waals surface area contributed by atoms with Gasteiger partial charge in [0.05, 0.1) is 5.54 Å². The maximum atomic E-state index is 13.8. The van der Waals surface area contributed by atoms with Crippen molar-refractivity contribution >= 4 is 22.5 Å². The summed E-state index contributed by atoms with van der Waals surface area (Å²) >= 11 is 6.20. The summed E-state index contributed by atoms with van der Waals surface area (Å²) in [5.74, 6) is 0.612. The average molecular weight is 541 g/mol. The van der Waals surface area contributed by atoms with E-state index in [2.05, 4.69) is 78.2 Å². The summed E-state index contributed by atoms with van der Waals surface area (Å²) in [7, 11) is 0. The Morgan fingerprint density at radius 1 is 0.923 bits per heavy atom. The Bertz CT molecular complexity index is 1650. The summed E-state index contributed by atoms with van der Waals surface area (Å²) in [6, 6.07) is 23.7. The molecule has 0 spiro atoms. The van der Waals surface area contributed by atoms with Crippen LogP contribution in [0.1, 0.15) is 60.5 Å². The molecule has 0 saturated heterocycles. The van der Waals surface area contributed by atoms with Crippen LogP contribution in [0.5, 0.6) is 0 Å². The first-order chi connectivity index (χ1) is 18.6. The van der Waals surface area contributed by atoms with Crippen LogP contribution in [-0.2, 0) is 18.6 Å². The molecule has 1 unspecified atom stereocenters. The Labute approximate surface area is 233 Å². The van der Waals surface area contributed by atoms with E-state index in [-0.39, 0.29) is 5.56 Å². The Hall–Kier alpha value is -3.81. The van der Waals surface area contributed by atoms with Gasteiger partial charge in [-0.3, -0.25) is 9.69 Å². The third-order valence-electron chi connectivity index (χ3n) is 7.05. The smallest absolute Gasteiger partial charge is 0.253 e. The number of aromatic nitrogens is 5. The molecule has 0 bridgehead atoms. The molecule has 39 heavy (non-hydrogen) atoms. The van der Waals surface area contributed by atoms with E-state index in [1.54, 1.807) is 0 Å². The number of hydrogen-bond acceptors (Lipinski definition) is 5. The van der Waals surface area contributed by atoms with Gasteiger partial charge in [0, 0.05) is 29.2 Å². The van der Waals surface area contributed by atoms with Crippen molar-refractivity contribution in [1.29, 1.82) is 0 Å². The number of nitrogens with one attached hydrogen (secondary N) is 1. The molecular weight excluding hydrogens is 508 g/mol. The highest BCUT2D eigenvalue weighted by Crippen LogP contribution is 2.32. The van der Waals surface area contributed by atoms with E-state index < -0.39 is 11.6 Å². The SMILES string of the molecule is Cc1cc2cc(C(c3nnnn3C(C)(C)C)N(Cc3ccccc3)Cc3ccc(Cl)cc3)c(=O)[nH]c2cc1C. The number of benzene rings is 3. The molecule has 0 aliphatic heterocycles. The summed E-state index contributed by atoms with van der Waals surface area (Å²) in [4.78, 5) is 19.2. The quantitative estimate of drug-likeness (QED) is 0.261. The fourth-order valence-corrected chi connectivity index (χ4v) is 5.04. The van der Waals surface area contributed by atoms with Crippen LogP contribution in [0.15, 0.2) is 77.6 Å². The van der Waals surface area contributed by atoms with Gasteiger partial charge in [-0.05, 0) is 103 Å². The monoisotopic (exact) mass is 540 g/mol. The first kappa shape index (κ1) is 26.8. The number of fused-ring (bicyclic) bond motifs is 1. The molecule has 0 aliphatic rings. The number of tetrazole rings is 1. The minimum Gasteiger partial charge on any atom is -0.322 e. The van der Waals surface area contributed by atoms with Crippen LogP contribution in [0.25, 0.3) is 10.9 Å². The highest BCUT2D eigenvalue weighted by atomic mass is 35.5. The Kier molecular flexibility index (Phi) is 7.38. The van der Waals surface area contributed by atoms with Crippen molar-refractivity contribution in [2.45, 2.75) is 59.3 Å². The number of rotatable bonds is 7. The zero-order valence-electron chi connectivity index (χ0n) is 22.9. The van der Waals surface area contributed by atoms with Gasteiger partial charge in [0.1, 0.15) is 6.04 Å². The van der Waals surface area contributed by atoms with Crippen LogP contribution in [-0.4, -0.2) is 30.1 Å². The molecule has 1 atom stereocenters. The minimum absolute atomic E-state index is 0.159. The van der Waals surface area contributed by atoms with Gasteiger partial charge in [-0.25, -0.2) is 4.68 Å². The summed E-state index contributed by atoms with van der Waals surface area (Å²) in [5, 5.41) is 14.6. The van der Waals surface area contributed by atoms with Crippen molar-refractivity contribution in [3.63, 3.8) is 0 Å². The molecule has 0 saturated carbocycles. The van der Waals surface area contributed by atoms with Crippen LogP contribution < -0.4 is 5.56 Å². The van der Waals surface area contributed by atoms with Crippen molar-refractivity contribution in [3.8, 4) is 0 Å². The standard InChI is InChI=1S/C31H33ClN6O/c1-20-15-24-17-26(30(39)33-27(24)16-21(20)2)28(29-34-35-36-38(29)31(3,4)5)37(18-22-9-7-6-8-10-22)19-23-11-13-25(32)14-12-23/h6-17,28H,18-19H2,1-5H3,(H,33,39). The number of aromatic amines is 1. The fraction of sp³-hybridized carbons (Fsp3) is 0.290. The second-order valence-corrected chi connectivity index (χ2v) is 11.6. The van der Waals surface area contributed by atoms with Crippen molar-refractivity contribution in [3.05, 3.63) is 122 Å². The van der Waals surface area contributed by atoms with Gasteiger partial charge in [0.15, 0.2) is 5.82 Å². The zero-order valence-corrected chi connectivity index (χ0v) is 23.7. The molecule has 5 rings (SSSR count). The average Bonchev–Trinajstić information content (AvgIpc) is 3.38. The summed E-state index contributed by atoms with van der Waals surface area (Å²) in [6.07, 6.45) is 0. The predicted octanol–water partition coefficient (Wildman–Crippen LogP) is 6.33. The molecule has 2 aromatic heterocycles. The molecule has 1 N–H and O–H groups in total. The van der Waals surface area contributed by atoms with Gasteiger partial charge >= 0.3 is 0 Å². The number of pyridine rings is 1. The number of nitrogens with zero attached hydrogens (tertiary/aromatic N) is 5. The van der Waals surface area contributed by atoms with E-state index >= 15 is 0 Å². The van der Waals surface area contributed by atoms with Gasteiger partial charge < -0.3 is 4.98 Å². The molecule has 8 heteroatoms. The number of aryl methyl sites for hydroxylation is 2. The van der Waals surface area contributed by atoms with E-state index in [9.17, 15) is 4.79 Å². The van der Waals surface area contributed by atoms with Crippen LogP contribution in [0.2, 0.25) is 5.02 Å². The van der Waals surface area contributed by atoms with Crippen molar-refractivity contribution in [1.82, 2.24) is 30.1 Å². The lowest BCUT2D eigenvalue weighted by molar-refractivity contribution is 0.184. The maximum Gasteiger partial charge on any atom is 0.253 e. The minimum atomic E-state index is -0.523. The van der Waals surface area contributed by atoms with E-state index in [1.165, 1.54) is 5.56 Å². The third kappa shape index (κ3) is 5.79. The molecule has 0 amide bonds. The second kappa shape index (κ2) is 10.8. The molecule has 3 aromatic carbocycles. The molecular formula is C31H33ClN6O. The maximum absolute atomic E-state index is 13.8. The van der Waals surface area contributed by atoms with Gasteiger partial charge in [0.25, 0.3) is 5.56 Å². The number of hydrogen-bond donors (Lipinski definition) is 1. The van der Waals surface area contributed by atoms with E-state index in [4.69, 9.17) is 11.6 Å². The van der Waals surface area contributed by atoms with Crippen LogP contribution in [0.4, 0.5) is 0 Å². The van der Waals surface area contributed by atoms with Crippen molar-refractivity contribution in [2.24, 2.45) is 0 Å². The molecule has 0 radical (unpaired) electrons. The van der Waals surface area contributed by atoms with Crippen molar-refractivity contribution in [2.75, 3.05) is 0 Å². The molecule has 2 heterocycles. The third-order valence-corrected chi connectivity index (χ3v) is 7.30. The number of H-pyrrole nitrogens is 1. The lowest BCUT2D eigenvalue weighted by Crippen LogP contribution is -2.37. The highest BCUT2D eigenvalue weighted by Gasteiger charge is 2.33. The summed E-state index contributed by atoms with van der Waals surface area (Å²) in [6.45, 7) is 11.4. The van der Waals surface area contributed by atoms with E-state index in [1.807, 2.05) is 59.3 Å². The first-order valence-electron chi connectivity index (χ1n) is 13.1. The van der Waals surface area contributed by atoms with E-state index in [0.29, 0.717) is 29.5 Å². The molecule has 5 aromatic rings. The fourth-order valence-electron chi connectivity index (χ4n) is 4.92. The molecule has 0 fully saturated rings. The van der Waals surface area contributed by atoms with Gasteiger partial charge in [0.2, 0.25) is 0 Å². The lowest BCUT2D eigenvalue weighted by Gasteiger charge is -2.33. The van der Waals surface area contributed by atoms with Crippen LogP contribution >= 0.6 is 11.6 Å². The Balaban J connectivity index is 1.74. The summed E-state index contributed by atoms with van der Waals surface area (Å²) < 4.78 is 1.82. The Morgan fingerprint density at radius 3 is 2.23 bits per heavy atom. The van der Waals surface area contributed by atoms with Crippen molar-refractivity contribution < 1.29 is 0 Å². The number of halogens is 1. The zero-order chi connectivity index (χ0) is 27.7. The second-order valence-electron chi connectivity index (χ2n) is 11.1. The van der Waals surface area contributed by atoms with Crippen LogP contribution in [0, 0.1) is 13.8 Å². The van der Waals surface area contributed by atoms with Gasteiger partial charge in [-0.1, -0.05) is 54.1 Å². The van der Waals surface area contributed by atoms with Gasteiger partial charge in [-0.2, -0.15) is 0 Å². The van der Waals surface area contributed by atoms with Gasteiger partial charge in [-0.15, -0.1) is 5.10 Å². The lowest BCUT2D eigenvalue weighted by atomic mass is 9.99. The topological polar surface area (TPSA) is 79.7 Å². The van der Waals surface area contributed by atoms with Crippen LogP contribution in [0.3, 0.4) is 0 Å². The normalized spacial score (nSPS) is 12.8.